The standard InChI is InChI=1S/C23H22N2O4/c1-14-7-5-10-17-20(14)23(28)25(22(17)27)16-9-6-8-15(13-16)21(26)24-18-11-3-4-12-19(18)29-2/h3-9,11-14,17,20H,10H2,1-2H3,(H,24,26)/t14-,17+,20-/m0/s1. The van der Waals surface area contributed by atoms with Gasteiger partial charge in [0.2, 0.25) is 11.8 Å². The van der Waals surface area contributed by atoms with Crippen LogP contribution in [0.2, 0.25) is 0 Å². The van der Waals surface area contributed by atoms with Gasteiger partial charge in [-0.1, -0.05) is 37.3 Å². The second-order valence-corrected chi connectivity index (χ2v) is 7.37. The number of ether oxygens (including phenoxy) is 1. The van der Waals surface area contributed by atoms with Crippen molar-refractivity contribution in [3.63, 3.8) is 0 Å². The first kappa shape index (κ1) is 18.9. The Morgan fingerprint density at radius 3 is 2.66 bits per heavy atom. The number of carbonyl (C=O) groups excluding carboxylic acids is 3. The summed E-state index contributed by atoms with van der Waals surface area (Å²) in [6.45, 7) is 1.96. The van der Waals surface area contributed by atoms with Gasteiger partial charge in [0.15, 0.2) is 0 Å². The molecule has 148 valence electrons. The van der Waals surface area contributed by atoms with Crippen molar-refractivity contribution in [2.75, 3.05) is 17.3 Å². The van der Waals surface area contributed by atoms with E-state index in [1.165, 1.54) is 12.0 Å². The van der Waals surface area contributed by atoms with E-state index in [4.69, 9.17) is 4.74 Å². The number of nitrogens with zero attached hydrogens (tertiary/aromatic N) is 1. The van der Waals surface area contributed by atoms with Crippen LogP contribution in [-0.2, 0) is 9.59 Å². The van der Waals surface area contributed by atoms with Gasteiger partial charge in [-0.3, -0.25) is 19.3 Å². The van der Waals surface area contributed by atoms with E-state index in [-0.39, 0.29) is 35.5 Å². The largest absolute Gasteiger partial charge is 0.495 e. The topological polar surface area (TPSA) is 75.7 Å². The predicted molar refractivity (Wildman–Crippen MR) is 110 cm³/mol. The quantitative estimate of drug-likeness (QED) is 0.639. The third-order valence-corrected chi connectivity index (χ3v) is 5.59. The molecule has 0 bridgehead atoms. The number of carbonyl (C=O) groups is 3. The average Bonchev–Trinajstić information content (AvgIpc) is 2.99. The maximum atomic E-state index is 13.0. The third kappa shape index (κ3) is 3.31. The van der Waals surface area contributed by atoms with E-state index in [1.807, 2.05) is 25.1 Å². The number of nitrogens with one attached hydrogen (secondary N) is 1. The molecule has 6 nitrogen and oxygen atoms in total. The Bertz CT molecular complexity index is 1010. The first-order valence-corrected chi connectivity index (χ1v) is 9.60. The van der Waals surface area contributed by atoms with E-state index in [1.54, 1.807) is 42.5 Å². The Balaban J connectivity index is 1.60. The second kappa shape index (κ2) is 7.54. The molecule has 1 N–H and O–H groups in total. The minimum Gasteiger partial charge on any atom is -0.495 e. The zero-order valence-corrected chi connectivity index (χ0v) is 16.3. The number of amides is 3. The van der Waals surface area contributed by atoms with Crippen molar-refractivity contribution in [2.45, 2.75) is 13.3 Å². The van der Waals surface area contributed by atoms with E-state index in [0.717, 1.165) is 0 Å². The molecule has 0 spiro atoms. The summed E-state index contributed by atoms with van der Waals surface area (Å²) in [6.07, 6.45) is 4.54. The number of para-hydroxylation sites is 2. The van der Waals surface area contributed by atoms with E-state index in [9.17, 15) is 14.4 Å². The van der Waals surface area contributed by atoms with Crippen molar-refractivity contribution in [3.05, 3.63) is 66.2 Å². The van der Waals surface area contributed by atoms with E-state index in [0.29, 0.717) is 29.1 Å². The first-order valence-electron chi connectivity index (χ1n) is 9.60. The van der Waals surface area contributed by atoms with Gasteiger partial charge in [0.25, 0.3) is 5.91 Å². The summed E-state index contributed by atoms with van der Waals surface area (Å²) in [4.78, 5) is 39.9. The highest BCUT2D eigenvalue weighted by molar-refractivity contribution is 6.22. The molecular weight excluding hydrogens is 368 g/mol. The number of anilines is 2. The van der Waals surface area contributed by atoms with E-state index in [2.05, 4.69) is 5.32 Å². The molecule has 4 rings (SSSR count). The predicted octanol–water partition coefficient (Wildman–Crippen LogP) is 3.65. The minimum absolute atomic E-state index is 0.0206. The van der Waals surface area contributed by atoms with Gasteiger partial charge in [-0.05, 0) is 42.7 Å². The summed E-state index contributed by atoms with van der Waals surface area (Å²) >= 11 is 0. The molecule has 6 heteroatoms. The lowest BCUT2D eigenvalue weighted by atomic mass is 9.78. The van der Waals surface area contributed by atoms with E-state index >= 15 is 0 Å². The Kier molecular flexibility index (Phi) is 4.92. The molecule has 0 saturated carbocycles. The molecule has 3 atom stereocenters. The van der Waals surface area contributed by atoms with Gasteiger partial charge in [-0.2, -0.15) is 0 Å². The van der Waals surface area contributed by atoms with Crippen LogP contribution < -0.4 is 15.0 Å². The molecule has 1 fully saturated rings. The maximum absolute atomic E-state index is 13.0. The highest BCUT2D eigenvalue weighted by atomic mass is 16.5. The maximum Gasteiger partial charge on any atom is 0.255 e. The van der Waals surface area contributed by atoms with Crippen LogP contribution in [-0.4, -0.2) is 24.8 Å². The van der Waals surface area contributed by atoms with E-state index < -0.39 is 0 Å². The minimum atomic E-state index is -0.345. The molecule has 1 saturated heterocycles. The van der Waals surface area contributed by atoms with Crippen LogP contribution >= 0.6 is 0 Å². The zero-order chi connectivity index (χ0) is 20.5. The molecule has 1 heterocycles. The van der Waals surface area contributed by atoms with Crippen LogP contribution in [0, 0.1) is 17.8 Å². The molecule has 1 aliphatic carbocycles. The fourth-order valence-electron chi connectivity index (χ4n) is 4.13. The lowest BCUT2D eigenvalue weighted by Crippen LogP contribution is -2.31. The second-order valence-electron chi connectivity index (χ2n) is 7.37. The molecular formula is C23H22N2O4. The average molecular weight is 390 g/mol. The van der Waals surface area contributed by atoms with Gasteiger partial charge < -0.3 is 10.1 Å². The lowest BCUT2D eigenvalue weighted by molar-refractivity contribution is -0.122. The lowest BCUT2D eigenvalue weighted by Gasteiger charge is -2.22. The number of rotatable bonds is 4. The van der Waals surface area contributed by atoms with Crippen LogP contribution in [0.3, 0.4) is 0 Å². The Hall–Kier alpha value is -3.41. The molecule has 1 aliphatic heterocycles. The van der Waals surface area contributed by atoms with Crippen molar-refractivity contribution in [1.29, 1.82) is 0 Å². The molecule has 3 amide bonds. The summed E-state index contributed by atoms with van der Waals surface area (Å²) in [6, 6.07) is 13.7. The van der Waals surface area contributed by atoms with Gasteiger partial charge in [0, 0.05) is 5.56 Å². The van der Waals surface area contributed by atoms with Crippen LogP contribution in [0.4, 0.5) is 11.4 Å². The highest BCUT2D eigenvalue weighted by Crippen LogP contribution is 2.40. The number of benzene rings is 2. The summed E-state index contributed by atoms with van der Waals surface area (Å²) in [5.41, 5.74) is 1.33. The number of methoxy groups -OCH3 is 1. The summed E-state index contributed by atoms with van der Waals surface area (Å²) < 4.78 is 5.26. The number of allylic oxidation sites excluding steroid dienone is 2. The van der Waals surface area contributed by atoms with Gasteiger partial charge in [0.1, 0.15) is 5.75 Å². The number of hydrogen-bond donors (Lipinski definition) is 1. The van der Waals surface area contributed by atoms with Crippen molar-refractivity contribution in [2.24, 2.45) is 17.8 Å². The molecule has 29 heavy (non-hydrogen) atoms. The molecule has 2 aromatic rings. The van der Waals surface area contributed by atoms with Gasteiger partial charge in [0.05, 0.1) is 30.3 Å². The van der Waals surface area contributed by atoms with Gasteiger partial charge >= 0.3 is 0 Å². The van der Waals surface area contributed by atoms with Crippen LogP contribution in [0.5, 0.6) is 5.75 Å². The van der Waals surface area contributed by atoms with Gasteiger partial charge in [-0.25, -0.2) is 0 Å². The number of hydrogen-bond acceptors (Lipinski definition) is 4. The Morgan fingerprint density at radius 1 is 1.10 bits per heavy atom. The molecule has 0 radical (unpaired) electrons. The Labute approximate surface area is 169 Å². The number of fused-ring (bicyclic) bond motifs is 1. The number of imide groups is 1. The molecule has 0 aromatic heterocycles. The monoisotopic (exact) mass is 390 g/mol. The summed E-state index contributed by atoms with van der Waals surface area (Å²) in [5, 5.41) is 2.81. The normalized spacial score (nSPS) is 23.1. The smallest absolute Gasteiger partial charge is 0.255 e. The molecule has 2 aromatic carbocycles. The fourth-order valence-corrected chi connectivity index (χ4v) is 4.13. The van der Waals surface area contributed by atoms with Crippen molar-refractivity contribution in [3.8, 4) is 5.75 Å². The van der Waals surface area contributed by atoms with Crippen molar-refractivity contribution in [1.82, 2.24) is 0 Å². The summed E-state index contributed by atoms with van der Waals surface area (Å²) in [7, 11) is 1.53. The van der Waals surface area contributed by atoms with Crippen molar-refractivity contribution >= 4 is 29.1 Å². The zero-order valence-electron chi connectivity index (χ0n) is 16.3. The van der Waals surface area contributed by atoms with Crippen LogP contribution in [0.1, 0.15) is 23.7 Å². The summed E-state index contributed by atoms with van der Waals surface area (Å²) in [5.74, 6) is -0.827. The first-order chi connectivity index (χ1) is 14.0. The molecule has 2 aliphatic rings. The Morgan fingerprint density at radius 2 is 1.90 bits per heavy atom. The highest BCUT2D eigenvalue weighted by Gasteiger charge is 2.50. The molecule has 0 unspecified atom stereocenters. The van der Waals surface area contributed by atoms with Crippen LogP contribution in [0.15, 0.2) is 60.7 Å². The fraction of sp³-hybridized carbons (Fsp3) is 0.261. The van der Waals surface area contributed by atoms with Crippen LogP contribution in [0.25, 0.3) is 0 Å². The van der Waals surface area contributed by atoms with Gasteiger partial charge in [-0.15, -0.1) is 0 Å². The SMILES string of the molecule is COc1ccccc1NC(=O)c1cccc(N2C(=O)[C@H]3[C@@H](C)C=CC[C@H]3C2=O)c1. The van der Waals surface area contributed by atoms with Crippen molar-refractivity contribution < 1.29 is 19.1 Å². The third-order valence-electron chi connectivity index (χ3n) is 5.59.